The van der Waals surface area contributed by atoms with Crippen LogP contribution in [0.3, 0.4) is 0 Å². The highest BCUT2D eigenvalue weighted by molar-refractivity contribution is 5.55. The molecule has 3 aliphatic rings. The summed E-state index contributed by atoms with van der Waals surface area (Å²) < 4.78 is 0. The first-order valence-corrected chi connectivity index (χ1v) is 8.50. The monoisotopic (exact) mass is 270 g/mol. The molecule has 2 aliphatic carbocycles. The number of hydrogen-bond acceptors (Lipinski definition) is 2. The van der Waals surface area contributed by atoms with Crippen LogP contribution in [0.2, 0.25) is 0 Å². The maximum Gasteiger partial charge on any atom is 0.0367 e. The molecule has 108 valence electrons. The summed E-state index contributed by atoms with van der Waals surface area (Å²) >= 11 is 0. The Hall–Kier alpha value is -1.18. The van der Waals surface area contributed by atoms with Crippen molar-refractivity contribution < 1.29 is 0 Å². The lowest BCUT2D eigenvalue weighted by Gasteiger charge is -2.29. The lowest BCUT2D eigenvalue weighted by Crippen LogP contribution is -2.29. The molecule has 2 nitrogen and oxygen atoms in total. The van der Waals surface area contributed by atoms with Gasteiger partial charge in [0.1, 0.15) is 0 Å². The molecule has 1 aromatic rings. The Morgan fingerprint density at radius 2 is 1.70 bits per heavy atom. The van der Waals surface area contributed by atoms with E-state index in [1.54, 1.807) is 0 Å². The number of piperidine rings is 1. The molecule has 1 aliphatic heterocycles. The van der Waals surface area contributed by atoms with Crippen molar-refractivity contribution in [2.45, 2.75) is 51.0 Å². The molecule has 1 N–H and O–H groups in total. The summed E-state index contributed by atoms with van der Waals surface area (Å²) in [6.07, 6.45) is 9.92. The van der Waals surface area contributed by atoms with Gasteiger partial charge in [0, 0.05) is 30.5 Å². The molecule has 3 unspecified atom stereocenters. The van der Waals surface area contributed by atoms with Crippen LogP contribution in [0.5, 0.6) is 0 Å². The molecule has 0 amide bonds. The highest BCUT2D eigenvalue weighted by atomic mass is 15.1. The van der Waals surface area contributed by atoms with Crippen LogP contribution in [0.25, 0.3) is 0 Å². The van der Waals surface area contributed by atoms with Gasteiger partial charge in [0.25, 0.3) is 0 Å². The SMILES string of the molecule is c1cc(N2CCCCC2)ccc1NC1CC2CCC1C2. The maximum absolute atomic E-state index is 3.78. The summed E-state index contributed by atoms with van der Waals surface area (Å²) in [5.41, 5.74) is 2.73. The minimum Gasteiger partial charge on any atom is -0.382 e. The molecular weight excluding hydrogens is 244 g/mol. The summed E-state index contributed by atoms with van der Waals surface area (Å²) in [6, 6.07) is 9.93. The quantitative estimate of drug-likeness (QED) is 0.882. The molecule has 1 aromatic carbocycles. The smallest absolute Gasteiger partial charge is 0.0367 e. The number of rotatable bonds is 3. The van der Waals surface area contributed by atoms with E-state index in [9.17, 15) is 0 Å². The Bertz CT molecular complexity index is 447. The van der Waals surface area contributed by atoms with Crippen molar-refractivity contribution in [1.82, 2.24) is 0 Å². The van der Waals surface area contributed by atoms with Crippen LogP contribution >= 0.6 is 0 Å². The number of hydrogen-bond donors (Lipinski definition) is 1. The van der Waals surface area contributed by atoms with E-state index < -0.39 is 0 Å². The van der Waals surface area contributed by atoms with Crippen LogP contribution in [0.1, 0.15) is 44.9 Å². The van der Waals surface area contributed by atoms with E-state index >= 15 is 0 Å². The average molecular weight is 270 g/mol. The molecule has 3 fully saturated rings. The lowest BCUT2D eigenvalue weighted by molar-refractivity contribution is 0.440. The Kier molecular flexibility index (Phi) is 3.33. The van der Waals surface area contributed by atoms with E-state index in [0.717, 1.165) is 17.9 Å². The van der Waals surface area contributed by atoms with Gasteiger partial charge in [0.2, 0.25) is 0 Å². The van der Waals surface area contributed by atoms with Crippen molar-refractivity contribution in [3.63, 3.8) is 0 Å². The molecule has 20 heavy (non-hydrogen) atoms. The molecule has 0 radical (unpaired) electrons. The molecule has 0 spiro atoms. The molecule has 3 atom stereocenters. The van der Waals surface area contributed by atoms with Crippen molar-refractivity contribution >= 4 is 11.4 Å². The number of nitrogens with one attached hydrogen (secondary N) is 1. The molecule has 2 saturated carbocycles. The Morgan fingerprint density at radius 1 is 0.900 bits per heavy atom. The third-order valence-electron chi connectivity index (χ3n) is 5.68. The topological polar surface area (TPSA) is 15.3 Å². The highest BCUT2D eigenvalue weighted by Crippen LogP contribution is 2.45. The van der Waals surface area contributed by atoms with Crippen molar-refractivity contribution in [2.75, 3.05) is 23.3 Å². The molecule has 1 saturated heterocycles. The van der Waals surface area contributed by atoms with Gasteiger partial charge in [0.15, 0.2) is 0 Å². The minimum atomic E-state index is 0.745. The van der Waals surface area contributed by atoms with Crippen molar-refractivity contribution in [2.24, 2.45) is 11.8 Å². The molecule has 4 rings (SSSR count). The third kappa shape index (κ3) is 2.41. The van der Waals surface area contributed by atoms with Gasteiger partial charge in [-0.25, -0.2) is 0 Å². The second-order valence-electron chi connectivity index (χ2n) is 7.02. The van der Waals surface area contributed by atoms with Gasteiger partial charge in [-0.3, -0.25) is 0 Å². The van der Waals surface area contributed by atoms with Crippen LogP contribution in [0.15, 0.2) is 24.3 Å². The summed E-state index contributed by atoms with van der Waals surface area (Å²) in [7, 11) is 0. The summed E-state index contributed by atoms with van der Waals surface area (Å²) in [5.74, 6) is 1.96. The van der Waals surface area contributed by atoms with Crippen LogP contribution in [0.4, 0.5) is 11.4 Å². The van der Waals surface area contributed by atoms with Crippen molar-refractivity contribution in [3.8, 4) is 0 Å². The van der Waals surface area contributed by atoms with E-state index in [2.05, 4.69) is 34.5 Å². The first-order chi connectivity index (χ1) is 9.88. The van der Waals surface area contributed by atoms with Gasteiger partial charge in [-0.15, -0.1) is 0 Å². The van der Waals surface area contributed by atoms with Gasteiger partial charge in [-0.1, -0.05) is 6.42 Å². The number of benzene rings is 1. The zero-order valence-electron chi connectivity index (χ0n) is 12.4. The fourth-order valence-corrected chi connectivity index (χ4v) is 4.56. The van der Waals surface area contributed by atoms with Gasteiger partial charge >= 0.3 is 0 Å². The van der Waals surface area contributed by atoms with Crippen LogP contribution in [0, 0.1) is 11.8 Å². The van der Waals surface area contributed by atoms with Gasteiger partial charge in [-0.05, 0) is 74.6 Å². The Labute approximate surface area is 122 Å². The second kappa shape index (κ2) is 5.31. The maximum atomic E-state index is 3.78. The van der Waals surface area contributed by atoms with Crippen LogP contribution in [-0.4, -0.2) is 19.1 Å². The molecular formula is C18H26N2. The Morgan fingerprint density at radius 3 is 2.35 bits per heavy atom. The standard InChI is InChI=1S/C18H26N2/c1-2-10-20(11-3-1)17-8-6-16(7-9-17)19-18-13-14-4-5-15(18)12-14/h6-9,14-15,18-19H,1-5,10-13H2. The van der Waals surface area contributed by atoms with Gasteiger partial charge < -0.3 is 10.2 Å². The summed E-state index contributed by atoms with van der Waals surface area (Å²) in [4.78, 5) is 2.53. The third-order valence-corrected chi connectivity index (χ3v) is 5.68. The van der Waals surface area contributed by atoms with E-state index in [4.69, 9.17) is 0 Å². The van der Waals surface area contributed by atoms with Crippen molar-refractivity contribution in [3.05, 3.63) is 24.3 Å². The van der Waals surface area contributed by atoms with E-state index in [1.807, 2.05) is 0 Å². The number of nitrogens with zero attached hydrogens (tertiary/aromatic N) is 1. The summed E-state index contributed by atoms with van der Waals surface area (Å²) in [5, 5.41) is 3.78. The van der Waals surface area contributed by atoms with Crippen molar-refractivity contribution in [1.29, 1.82) is 0 Å². The molecule has 2 heteroatoms. The first kappa shape index (κ1) is 12.6. The predicted octanol–water partition coefficient (Wildman–Crippen LogP) is 4.28. The van der Waals surface area contributed by atoms with E-state index in [0.29, 0.717) is 0 Å². The first-order valence-electron chi connectivity index (χ1n) is 8.50. The largest absolute Gasteiger partial charge is 0.382 e. The van der Waals surface area contributed by atoms with E-state index in [-0.39, 0.29) is 0 Å². The second-order valence-corrected chi connectivity index (χ2v) is 7.02. The van der Waals surface area contributed by atoms with E-state index in [1.165, 1.54) is 69.4 Å². The fourth-order valence-electron chi connectivity index (χ4n) is 4.56. The zero-order valence-corrected chi connectivity index (χ0v) is 12.4. The average Bonchev–Trinajstić information content (AvgIpc) is 3.12. The zero-order chi connectivity index (χ0) is 13.4. The fraction of sp³-hybridized carbons (Fsp3) is 0.667. The molecule has 0 aromatic heterocycles. The highest BCUT2D eigenvalue weighted by Gasteiger charge is 2.39. The summed E-state index contributed by atoms with van der Waals surface area (Å²) in [6.45, 7) is 2.47. The van der Waals surface area contributed by atoms with Crippen LogP contribution in [-0.2, 0) is 0 Å². The lowest BCUT2D eigenvalue weighted by atomic mass is 9.95. The van der Waals surface area contributed by atoms with Gasteiger partial charge in [0.05, 0.1) is 0 Å². The predicted molar refractivity (Wildman–Crippen MR) is 85.4 cm³/mol. The minimum absolute atomic E-state index is 0.745. The van der Waals surface area contributed by atoms with Gasteiger partial charge in [-0.2, -0.15) is 0 Å². The molecule has 1 heterocycles. The number of anilines is 2. The molecule has 2 bridgehead atoms. The van der Waals surface area contributed by atoms with Crippen LogP contribution < -0.4 is 10.2 Å². The normalized spacial score (nSPS) is 32.6. The Balaban J connectivity index is 1.39. The number of fused-ring (bicyclic) bond motifs is 2.